The molecular formula is C14H28N2O. The molecule has 1 N–H and O–H groups in total. The number of nitrogens with zero attached hydrogens (tertiary/aromatic N) is 1. The van der Waals surface area contributed by atoms with Gasteiger partial charge in [-0.2, -0.15) is 0 Å². The summed E-state index contributed by atoms with van der Waals surface area (Å²) in [5.74, 6) is 1.55. The number of nitrogens with one attached hydrogen (secondary N) is 1. The maximum absolute atomic E-state index is 5.47. The lowest BCUT2D eigenvalue weighted by Crippen LogP contribution is -2.41. The van der Waals surface area contributed by atoms with Gasteiger partial charge in [-0.05, 0) is 44.2 Å². The molecule has 0 aromatic carbocycles. The van der Waals surface area contributed by atoms with Crippen LogP contribution in [0.4, 0.5) is 0 Å². The molecule has 0 aromatic rings. The van der Waals surface area contributed by atoms with Crippen LogP contribution in [0, 0.1) is 11.8 Å². The third-order valence-electron chi connectivity index (χ3n) is 3.95. The molecule has 2 saturated heterocycles. The van der Waals surface area contributed by atoms with E-state index in [-0.39, 0.29) is 0 Å². The van der Waals surface area contributed by atoms with Gasteiger partial charge in [-0.25, -0.2) is 0 Å². The molecule has 2 heterocycles. The van der Waals surface area contributed by atoms with Crippen molar-refractivity contribution in [2.45, 2.75) is 39.2 Å². The topological polar surface area (TPSA) is 24.5 Å². The normalized spacial score (nSPS) is 30.5. The minimum Gasteiger partial charge on any atom is -0.381 e. The molecule has 0 aliphatic carbocycles. The van der Waals surface area contributed by atoms with Crippen LogP contribution < -0.4 is 5.32 Å². The summed E-state index contributed by atoms with van der Waals surface area (Å²) >= 11 is 0. The van der Waals surface area contributed by atoms with Crippen LogP contribution in [0.15, 0.2) is 0 Å². The second-order valence-corrected chi connectivity index (χ2v) is 6.07. The van der Waals surface area contributed by atoms with Crippen molar-refractivity contribution in [1.82, 2.24) is 10.2 Å². The Morgan fingerprint density at radius 3 is 2.94 bits per heavy atom. The summed E-state index contributed by atoms with van der Waals surface area (Å²) in [7, 11) is 0. The largest absolute Gasteiger partial charge is 0.381 e. The SMILES string of the molecule is CC(C)CNCC1CCCN1CC1CCOC1. The Hall–Kier alpha value is -0.120. The molecule has 2 atom stereocenters. The van der Waals surface area contributed by atoms with Crippen molar-refractivity contribution >= 4 is 0 Å². The molecule has 0 bridgehead atoms. The summed E-state index contributed by atoms with van der Waals surface area (Å²) in [6.07, 6.45) is 4.02. The molecule has 2 rings (SSSR count). The van der Waals surface area contributed by atoms with Gasteiger partial charge in [0, 0.05) is 25.7 Å². The molecule has 2 aliphatic rings. The number of rotatable bonds is 6. The highest BCUT2D eigenvalue weighted by molar-refractivity contribution is 4.83. The lowest BCUT2D eigenvalue weighted by Gasteiger charge is -2.27. The van der Waals surface area contributed by atoms with Gasteiger partial charge in [-0.3, -0.25) is 4.90 Å². The van der Waals surface area contributed by atoms with E-state index in [4.69, 9.17) is 4.74 Å². The lowest BCUT2D eigenvalue weighted by atomic mass is 10.1. The minimum atomic E-state index is 0.757. The van der Waals surface area contributed by atoms with Crippen LogP contribution in [0.3, 0.4) is 0 Å². The first-order valence-electron chi connectivity index (χ1n) is 7.28. The third kappa shape index (κ3) is 4.23. The van der Waals surface area contributed by atoms with E-state index in [1.54, 1.807) is 0 Å². The van der Waals surface area contributed by atoms with Gasteiger partial charge in [-0.1, -0.05) is 13.8 Å². The van der Waals surface area contributed by atoms with E-state index in [1.807, 2.05) is 0 Å². The summed E-state index contributed by atoms with van der Waals surface area (Å²) < 4.78 is 5.47. The molecule has 2 aliphatic heterocycles. The standard InChI is InChI=1S/C14H28N2O/c1-12(2)8-15-9-14-4-3-6-16(14)10-13-5-7-17-11-13/h12-15H,3-11H2,1-2H3. The van der Waals surface area contributed by atoms with E-state index in [2.05, 4.69) is 24.1 Å². The van der Waals surface area contributed by atoms with Crippen molar-refractivity contribution in [1.29, 1.82) is 0 Å². The van der Waals surface area contributed by atoms with E-state index in [1.165, 1.54) is 38.9 Å². The summed E-state index contributed by atoms with van der Waals surface area (Å²) in [6, 6.07) is 0.773. The highest BCUT2D eigenvalue weighted by atomic mass is 16.5. The zero-order valence-electron chi connectivity index (χ0n) is 11.5. The molecule has 17 heavy (non-hydrogen) atoms. The van der Waals surface area contributed by atoms with E-state index in [0.717, 1.165) is 37.6 Å². The van der Waals surface area contributed by atoms with Crippen molar-refractivity contribution in [3.05, 3.63) is 0 Å². The zero-order valence-corrected chi connectivity index (χ0v) is 11.5. The van der Waals surface area contributed by atoms with Gasteiger partial charge in [-0.15, -0.1) is 0 Å². The number of hydrogen-bond donors (Lipinski definition) is 1. The van der Waals surface area contributed by atoms with E-state index in [9.17, 15) is 0 Å². The van der Waals surface area contributed by atoms with Crippen LogP contribution in [0.25, 0.3) is 0 Å². The van der Waals surface area contributed by atoms with Gasteiger partial charge in [0.15, 0.2) is 0 Å². The molecular weight excluding hydrogens is 212 g/mol. The molecule has 3 nitrogen and oxygen atoms in total. The Labute approximate surface area is 106 Å². The van der Waals surface area contributed by atoms with Crippen LogP contribution in [0.1, 0.15) is 33.1 Å². The van der Waals surface area contributed by atoms with Gasteiger partial charge in [0.2, 0.25) is 0 Å². The highest BCUT2D eigenvalue weighted by Crippen LogP contribution is 2.21. The van der Waals surface area contributed by atoms with Crippen molar-refractivity contribution in [3.63, 3.8) is 0 Å². The average molecular weight is 240 g/mol. The number of ether oxygens (including phenoxy) is 1. The second kappa shape index (κ2) is 6.72. The van der Waals surface area contributed by atoms with E-state index < -0.39 is 0 Å². The summed E-state index contributed by atoms with van der Waals surface area (Å²) in [6.45, 7) is 11.4. The van der Waals surface area contributed by atoms with Crippen molar-refractivity contribution in [3.8, 4) is 0 Å². The molecule has 0 spiro atoms. The van der Waals surface area contributed by atoms with Gasteiger partial charge >= 0.3 is 0 Å². The predicted molar refractivity (Wildman–Crippen MR) is 71.2 cm³/mol. The summed E-state index contributed by atoms with van der Waals surface area (Å²) in [5, 5.41) is 3.61. The first-order valence-corrected chi connectivity index (χ1v) is 7.28. The maximum atomic E-state index is 5.47. The predicted octanol–water partition coefficient (Wildman–Crippen LogP) is 1.73. The summed E-state index contributed by atoms with van der Waals surface area (Å²) in [5.41, 5.74) is 0. The van der Waals surface area contributed by atoms with Gasteiger partial charge < -0.3 is 10.1 Å². The smallest absolute Gasteiger partial charge is 0.0507 e. The minimum absolute atomic E-state index is 0.757. The van der Waals surface area contributed by atoms with Crippen molar-refractivity contribution < 1.29 is 4.74 Å². The van der Waals surface area contributed by atoms with Crippen molar-refractivity contribution in [2.24, 2.45) is 11.8 Å². The molecule has 100 valence electrons. The van der Waals surface area contributed by atoms with Crippen LogP contribution in [-0.4, -0.2) is 50.3 Å². The Bertz CT molecular complexity index is 214. The van der Waals surface area contributed by atoms with E-state index >= 15 is 0 Å². The van der Waals surface area contributed by atoms with Gasteiger partial charge in [0.25, 0.3) is 0 Å². The quantitative estimate of drug-likeness (QED) is 0.765. The first kappa shape index (κ1) is 13.3. The maximum Gasteiger partial charge on any atom is 0.0507 e. The average Bonchev–Trinajstić information content (AvgIpc) is 2.91. The molecule has 0 saturated carbocycles. The van der Waals surface area contributed by atoms with Gasteiger partial charge in [0.1, 0.15) is 0 Å². The molecule has 0 amide bonds. The highest BCUT2D eigenvalue weighted by Gasteiger charge is 2.27. The third-order valence-corrected chi connectivity index (χ3v) is 3.95. The van der Waals surface area contributed by atoms with Crippen LogP contribution in [0.2, 0.25) is 0 Å². The second-order valence-electron chi connectivity index (χ2n) is 6.07. The fourth-order valence-corrected chi connectivity index (χ4v) is 2.96. The number of hydrogen-bond acceptors (Lipinski definition) is 3. The Morgan fingerprint density at radius 2 is 2.24 bits per heavy atom. The van der Waals surface area contributed by atoms with E-state index in [0.29, 0.717) is 0 Å². The van der Waals surface area contributed by atoms with Gasteiger partial charge in [0.05, 0.1) is 6.61 Å². The molecule has 2 fully saturated rings. The van der Waals surface area contributed by atoms with Crippen molar-refractivity contribution in [2.75, 3.05) is 39.4 Å². The Morgan fingerprint density at radius 1 is 1.35 bits per heavy atom. The van der Waals surface area contributed by atoms with Crippen LogP contribution in [-0.2, 0) is 4.74 Å². The zero-order chi connectivity index (χ0) is 12.1. The fraction of sp³-hybridized carbons (Fsp3) is 1.00. The molecule has 0 aromatic heterocycles. The lowest BCUT2D eigenvalue weighted by molar-refractivity contribution is 0.161. The number of likely N-dealkylation sites (tertiary alicyclic amines) is 1. The Kier molecular flexibility index (Phi) is 5.26. The molecule has 3 heteroatoms. The van der Waals surface area contributed by atoms with Crippen LogP contribution >= 0.6 is 0 Å². The Balaban J connectivity index is 1.68. The monoisotopic (exact) mass is 240 g/mol. The molecule has 0 radical (unpaired) electrons. The fourth-order valence-electron chi connectivity index (χ4n) is 2.96. The molecule has 2 unspecified atom stereocenters. The summed E-state index contributed by atoms with van der Waals surface area (Å²) in [4.78, 5) is 2.69. The van der Waals surface area contributed by atoms with Crippen LogP contribution in [0.5, 0.6) is 0 Å². The first-order chi connectivity index (χ1) is 8.25.